The van der Waals surface area contributed by atoms with Gasteiger partial charge in [-0.2, -0.15) is 13.2 Å². The summed E-state index contributed by atoms with van der Waals surface area (Å²) in [6, 6.07) is 1.68. The molecule has 2 heterocycles. The fraction of sp³-hybridized carbons (Fsp3) is 0.500. The summed E-state index contributed by atoms with van der Waals surface area (Å²) >= 11 is 0. The van der Waals surface area contributed by atoms with Crippen LogP contribution >= 0.6 is 0 Å². The van der Waals surface area contributed by atoms with Crippen molar-refractivity contribution in [2.45, 2.75) is 25.4 Å². The number of anilines is 1. The van der Waals surface area contributed by atoms with Crippen molar-refractivity contribution < 1.29 is 23.1 Å². The third kappa shape index (κ3) is 2.97. The van der Waals surface area contributed by atoms with Crippen molar-refractivity contribution in [3.63, 3.8) is 0 Å². The predicted molar refractivity (Wildman–Crippen MR) is 62.3 cm³/mol. The predicted octanol–water partition coefficient (Wildman–Crippen LogP) is 2.79. The van der Waals surface area contributed by atoms with Crippen molar-refractivity contribution in [1.82, 2.24) is 4.98 Å². The Hall–Kier alpha value is -1.79. The molecule has 0 atom stereocenters. The zero-order chi connectivity index (χ0) is 14.0. The van der Waals surface area contributed by atoms with Gasteiger partial charge in [0.25, 0.3) is 0 Å². The van der Waals surface area contributed by atoms with Gasteiger partial charge in [0.1, 0.15) is 17.1 Å². The van der Waals surface area contributed by atoms with Crippen LogP contribution in [0.5, 0.6) is 0 Å². The molecule has 0 unspecified atom stereocenters. The summed E-state index contributed by atoms with van der Waals surface area (Å²) in [6.07, 6.45) is -1.91. The van der Waals surface area contributed by atoms with Crippen molar-refractivity contribution in [2.75, 3.05) is 18.0 Å². The minimum atomic E-state index is -4.57. The van der Waals surface area contributed by atoms with E-state index in [9.17, 15) is 18.0 Å². The highest BCUT2D eigenvalue weighted by molar-refractivity contribution is 5.93. The van der Waals surface area contributed by atoms with Crippen LogP contribution in [0.1, 0.15) is 35.3 Å². The van der Waals surface area contributed by atoms with E-state index in [-0.39, 0.29) is 11.4 Å². The van der Waals surface area contributed by atoms with Gasteiger partial charge in [0, 0.05) is 13.1 Å². The molecule has 1 aliphatic rings. The molecule has 104 valence electrons. The molecule has 0 bridgehead atoms. The monoisotopic (exact) mass is 274 g/mol. The number of piperidine rings is 1. The van der Waals surface area contributed by atoms with Gasteiger partial charge in [0.05, 0.1) is 0 Å². The summed E-state index contributed by atoms with van der Waals surface area (Å²) < 4.78 is 37.9. The van der Waals surface area contributed by atoms with Crippen LogP contribution in [-0.2, 0) is 6.18 Å². The zero-order valence-corrected chi connectivity index (χ0v) is 10.1. The van der Waals surface area contributed by atoms with Gasteiger partial charge in [0.15, 0.2) is 0 Å². The van der Waals surface area contributed by atoms with E-state index in [1.54, 1.807) is 4.90 Å². The van der Waals surface area contributed by atoms with Crippen LogP contribution in [0.15, 0.2) is 12.1 Å². The second-order valence-electron chi connectivity index (χ2n) is 4.42. The van der Waals surface area contributed by atoms with Crippen molar-refractivity contribution in [2.24, 2.45) is 0 Å². The van der Waals surface area contributed by atoms with Gasteiger partial charge in [-0.25, -0.2) is 9.78 Å². The topological polar surface area (TPSA) is 53.4 Å². The maximum atomic E-state index is 12.6. The number of hydrogen-bond donors (Lipinski definition) is 1. The molecule has 0 radical (unpaired) electrons. The van der Waals surface area contributed by atoms with Crippen LogP contribution < -0.4 is 4.90 Å². The first-order valence-corrected chi connectivity index (χ1v) is 5.96. The molecule has 2 rings (SSSR count). The van der Waals surface area contributed by atoms with E-state index in [0.717, 1.165) is 25.3 Å². The average molecular weight is 274 g/mol. The molecule has 0 amide bonds. The molecule has 1 aromatic heterocycles. The molecule has 0 aliphatic carbocycles. The molecular formula is C12H13F3N2O2. The van der Waals surface area contributed by atoms with E-state index in [1.807, 2.05) is 0 Å². The minimum absolute atomic E-state index is 0.0815. The first-order valence-electron chi connectivity index (χ1n) is 5.96. The molecule has 19 heavy (non-hydrogen) atoms. The molecule has 1 aliphatic heterocycles. The van der Waals surface area contributed by atoms with E-state index in [2.05, 4.69) is 4.98 Å². The van der Waals surface area contributed by atoms with Crippen LogP contribution in [0.4, 0.5) is 19.0 Å². The van der Waals surface area contributed by atoms with Crippen LogP contribution in [0.3, 0.4) is 0 Å². The molecular weight excluding hydrogens is 261 g/mol. The van der Waals surface area contributed by atoms with Gasteiger partial charge in [-0.1, -0.05) is 0 Å². The summed E-state index contributed by atoms with van der Waals surface area (Å²) in [5.41, 5.74) is -1.24. The highest BCUT2D eigenvalue weighted by Gasteiger charge is 2.34. The Morgan fingerprint density at radius 1 is 1.21 bits per heavy atom. The van der Waals surface area contributed by atoms with E-state index >= 15 is 0 Å². The van der Waals surface area contributed by atoms with Gasteiger partial charge in [-0.3, -0.25) is 0 Å². The lowest BCUT2D eigenvalue weighted by Gasteiger charge is -2.29. The molecule has 0 aromatic carbocycles. The van der Waals surface area contributed by atoms with Crippen LogP contribution in [0.2, 0.25) is 0 Å². The molecule has 1 saturated heterocycles. The Labute approximate surface area is 107 Å². The van der Waals surface area contributed by atoms with Crippen molar-refractivity contribution in [3.8, 4) is 0 Å². The summed E-state index contributed by atoms with van der Waals surface area (Å²) in [4.78, 5) is 16.2. The number of aromatic carboxylic acids is 1. The highest BCUT2D eigenvalue weighted by atomic mass is 19.4. The van der Waals surface area contributed by atoms with Crippen LogP contribution in [0, 0.1) is 0 Å². The third-order valence-electron chi connectivity index (χ3n) is 3.05. The first kappa shape index (κ1) is 13.6. The summed E-state index contributed by atoms with van der Waals surface area (Å²) in [5, 5.41) is 9.04. The smallest absolute Gasteiger partial charge is 0.433 e. The molecule has 1 aromatic rings. The molecule has 1 N–H and O–H groups in total. The SMILES string of the molecule is O=C(O)c1ccc(C(F)(F)F)nc1N1CCCCC1. The molecule has 7 heteroatoms. The quantitative estimate of drug-likeness (QED) is 0.901. The van der Waals surface area contributed by atoms with Gasteiger partial charge in [-0.15, -0.1) is 0 Å². The van der Waals surface area contributed by atoms with Gasteiger partial charge in [0.2, 0.25) is 0 Å². The van der Waals surface area contributed by atoms with Gasteiger partial charge >= 0.3 is 12.1 Å². The number of aromatic nitrogens is 1. The van der Waals surface area contributed by atoms with Crippen LogP contribution in [0.25, 0.3) is 0 Å². The minimum Gasteiger partial charge on any atom is -0.478 e. The number of carboxylic acid groups (broad SMARTS) is 1. The number of alkyl halides is 3. The van der Waals surface area contributed by atoms with E-state index < -0.39 is 17.8 Å². The number of carbonyl (C=O) groups is 1. The zero-order valence-electron chi connectivity index (χ0n) is 10.1. The number of nitrogens with zero attached hydrogens (tertiary/aromatic N) is 2. The lowest BCUT2D eigenvalue weighted by molar-refractivity contribution is -0.141. The summed E-state index contributed by atoms with van der Waals surface area (Å²) in [6.45, 7) is 1.07. The Bertz CT molecular complexity index is 482. The first-order chi connectivity index (χ1) is 8.89. The molecule has 0 saturated carbocycles. The lowest BCUT2D eigenvalue weighted by atomic mass is 10.1. The maximum absolute atomic E-state index is 12.6. The van der Waals surface area contributed by atoms with Gasteiger partial charge < -0.3 is 10.0 Å². The fourth-order valence-corrected chi connectivity index (χ4v) is 2.12. The Balaban J connectivity index is 2.44. The number of carboxylic acids is 1. The Kier molecular flexibility index (Phi) is 3.64. The largest absolute Gasteiger partial charge is 0.478 e. The normalized spacial score (nSPS) is 16.5. The van der Waals surface area contributed by atoms with E-state index in [4.69, 9.17) is 5.11 Å². The average Bonchev–Trinajstić information content (AvgIpc) is 2.38. The number of rotatable bonds is 2. The summed E-state index contributed by atoms with van der Waals surface area (Å²) in [7, 11) is 0. The molecule has 1 fully saturated rings. The maximum Gasteiger partial charge on any atom is 0.433 e. The lowest BCUT2D eigenvalue weighted by Crippen LogP contribution is -2.32. The van der Waals surface area contributed by atoms with Gasteiger partial charge in [-0.05, 0) is 31.4 Å². The Morgan fingerprint density at radius 3 is 2.37 bits per heavy atom. The number of hydrogen-bond acceptors (Lipinski definition) is 3. The third-order valence-corrected chi connectivity index (χ3v) is 3.05. The number of halogens is 3. The van der Waals surface area contributed by atoms with E-state index in [0.29, 0.717) is 19.2 Å². The van der Waals surface area contributed by atoms with Crippen LogP contribution in [-0.4, -0.2) is 29.1 Å². The summed E-state index contributed by atoms with van der Waals surface area (Å²) in [5.74, 6) is -1.34. The Morgan fingerprint density at radius 2 is 1.84 bits per heavy atom. The van der Waals surface area contributed by atoms with Crippen molar-refractivity contribution in [3.05, 3.63) is 23.4 Å². The molecule has 4 nitrogen and oxygen atoms in total. The van der Waals surface area contributed by atoms with Crippen molar-refractivity contribution >= 4 is 11.8 Å². The van der Waals surface area contributed by atoms with Crippen molar-refractivity contribution in [1.29, 1.82) is 0 Å². The second-order valence-corrected chi connectivity index (χ2v) is 4.42. The van der Waals surface area contributed by atoms with E-state index in [1.165, 1.54) is 0 Å². The molecule has 0 spiro atoms. The fourth-order valence-electron chi connectivity index (χ4n) is 2.12. The highest BCUT2D eigenvalue weighted by Crippen LogP contribution is 2.31. The standard InChI is InChI=1S/C12H13F3N2O2/c13-12(14,15)9-5-4-8(11(18)19)10(16-9)17-6-2-1-3-7-17/h4-5H,1-3,6-7H2,(H,18,19). The second kappa shape index (κ2) is 5.07. The number of pyridine rings is 1.